The van der Waals surface area contributed by atoms with Gasteiger partial charge in [0.15, 0.2) is 0 Å². The van der Waals surface area contributed by atoms with Gasteiger partial charge in [-0.05, 0) is 30.8 Å². The van der Waals surface area contributed by atoms with Crippen LogP contribution in [0.1, 0.15) is 25.3 Å². The minimum Gasteiger partial charge on any atom is -0.494 e. The van der Waals surface area contributed by atoms with Crippen LogP contribution < -0.4 is 15.4 Å². The molecule has 0 unspecified atom stereocenters. The monoisotopic (exact) mass is 548 g/mol. The van der Waals surface area contributed by atoms with Crippen LogP contribution in [-0.4, -0.2) is 87.8 Å². The molecule has 12 heteroatoms. The highest BCUT2D eigenvalue weighted by atomic mass is 16.5. The zero-order chi connectivity index (χ0) is 29.1. The Morgan fingerprint density at radius 2 is 1.75 bits per heavy atom. The first-order valence-electron chi connectivity index (χ1n) is 12.6. The van der Waals surface area contributed by atoms with Gasteiger partial charge in [0.05, 0.1) is 31.2 Å². The molecule has 1 aliphatic rings. The molecule has 1 aromatic heterocycles. The van der Waals surface area contributed by atoms with Crippen molar-refractivity contribution in [1.82, 2.24) is 19.8 Å². The number of anilines is 3. The van der Waals surface area contributed by atoms with Crippen molar-refractivity contribution < 1.29 is 29.3 Å². The Morgan fingerprint density at radius 1 is 1.05 bits per heavy atom. The van der Waals surface area contributed by atoms with E-state index in [1.807, 2.05) is 35.2 Å². The molecule has 0 radical (unpaired) electrons. The topological polar surface area (TPSA) is 157 Å². The van der Waals surface area contributed by atoms with E-state index in [4.69, 9.17) is 21.4 Å². The van der Waals surface area contributed by atoms with Gasteiger partial charge < -0.3 is 35.4 Å². The van der Waals surface area contributed by atoms with E-state index in [1.54, 1.807) is 13.2 Å². The lowest BCUT2D eigenvalue weighted by Gasteiger charge is -2.34. The van der Waals surface area contributed by atoms with Gasteiger partial charge in [0.2, 0.25) is 0 Å². The summed E-state index contributed by atoms with van der Waals surface area (Å²) in [6.45, 7) is 6.25. The van der Waals surface area contributed by atoms with Crippen molar-refractivity contribution in [3.63, 3.8) is 0 Å². The number of carbonyl (C=O) groups is 3. The number of urea groups is 1. The lowest BCUT2D eigenvalue weighted by Crippen LogP contribution is -2.49. The van der Waals surface area contributed by atoms with Gasteiger partial charge >= 0.3 is 18.0 Å². The summed E-state index contributed by atoms with van der Waals surface area (Å²) in [5.74, 6) is 1.63. The van der Waals surface area contributed by atoms with Crippen molar-refractivity contribution in [1.29, 1.82) is 0 Å². The Hall–Kier alpha value is -4.89. The molecule has 210 valence electrons. The van der Waals surface area contributed by atoms with Crippen LogP contribution in [0.4, 0.5) is 22.0 Å². The highest BCUT2D eigenvalue weighted by Gasteiger charge is 2.21. The summed E-state index contributed by atoms with van der Waals surface area (Å²) in [7, 11) is 1.57. The molecule has 0 saturated carbocycles. The molecule has 2 amide bonds. The van der Waals surface area contributed by atoms with Crippen LogP contribution >= 0.6 is 0 Å². The lowest BCUT2D eigenvalue weighted by atomic mass is 10.1. The Morgan fingerprint density at radius 3 is 2.35 bits per heavy atom. The summed E-state index contributed by atoms with van der Waals surface area (Å²) in [6, 6.07) is 11.0. The predicted octanol–water partition coefficient (Wildman–Crippen LogP) is 3.47. The molecular formula is C28H32N6O6. The van der Waals surface area contributed by atoms with Crippen molar-refractivity contribution >= 4 is 46.1 Å². The van der Waals surface area contributed by atoms with Crippen LogP contribution in [0.15, 0.2) is 42.7 Å². The second-order valence-electron chi connectivity index (χ2n) is 8.78. The Labute approximate surface area is 232 Å². The molecule has 4 N–H and O–H groups in total. The molecule has 4 rings (SSSR count). The largest absolute Gasteiger partial charge is 0.494 e. The number of methoxy groups -OCH3 is 1. The number of piperazine rings is 1. The van der Waals surface area contributed by atoms with E-state index < -0.39 is 11.9 Å². The molecule has 1 aliphatic heterocycles. The number of amides is 2. The first-order chi connectivity index (χ1) is 19.2. The molecule has 1 saturated heterocycles. The van der Waals surface area contributed by atoms with Crippen molar-refractivity contribution in [2.75, 3.05) is 50.5 Å². The first-order valence-corrected chi connectivity index (χ1v) is 12.6. The van der Waals surface area contributed by atoms with Gasteiger partial charge in [-0.25, -0.2) is 14.8 Å². The van der Waals surface area contributed by atoms with Gasteiger partial charge in [0.25, 0.3) is 0 Å². The van der Waals surface area contributed by atoms with E-state index in [0.29, 0.717) is 35.9 Å². The Balaban J connectivity index is 0.000000482. The van der Waals surface area contributed by atoms with Crippen LogP contribution in [0.2, 0.25) is 0 Å². The molecule has 0 spiro atoms. The van der Waals surface area contributed by atoms with Crippen molar-refractivity contribution in [3.05, 3.63) is 48.3 Å². The minimum atomic E-state index is -1.08. The van der Waals surface area contributed by atoms with Crippen LogP contribution in [0.5, 0.6) is 5.75 Å². The number of nitrogens with one attached hydrogen (secondary N) is 2. The molecule has 2 heterocycles. The van der Waals surface area contributed by atoms with Gasteiger partial charge in [-0.3, -0.25) is 9.59 Å². The van der Waals surface area contributed by atoms with Gasteiger partial charge in [-0.15, -0.1) is 6.42 Å². The average molecular weight is 549 g/mol. The van der Waals surface area contributed by atoms with Gasteiger partial charge in [0.1, 0.15) is 17.9 Å². The minimum absolute atomic E-state index is 0.147. The normalized spacial score (nSPS) is 13.0. The third kappa shape index (κ3) is 8.31. The SMILES string of the molecule is C#Cc1cccc(Nc2ncnc3cc(OC)c(NC(=O)N4CCN(CC)CC4)cc23)c1.O=C(O)CCC(=O)O. The maximum atomic E-state index is 12.9. The lowest BCUT2D eigenvalue weighted by molar-refractivity contribution is -0.143. The molecule has 12 nitrogen and oxygen atoms in total. The Kier molecular flexibility index (Phi) is 10.6. The number of carbonyl (C=O) groups excluding carboxylic acids is 1. The number of carboxylic acid groups (broad SMARTS) is 2. The van der Waals surface area contributed by atoms with E-state index in [9.17, 15) is 14.4 Å². The highest BCUT2D eigenvalue weighted by molar-refractivity contribution is 5.99. The van der Waals surface area contributed by atoms with E-state index >= 15 is 0 Å². The van der Waals surface area contributed by atoms with Crippen molar-refractivity contribution in [2.45, 2.75) is 19.8 Å². The number of rotatable bonds is 8. The summed E-state index contributed by atoms with van der Waals surface area (Å²) in [4.78, 5) is 45.1. The Bertz CT molecular complexity index is 1380. The second-order valence-corrected chi connectivity index (χ2v) is 8.78. The molecule has 1 fully saturated rings. The maximum absolute atomic E-state index is 12.9. The first kappa shape index (κ1) is 29.7. The number of terminal acetylenes is 1. The molecule has 40 heavy (non-hydrogen) atoms. The number of aromatic nitrogens is 2. The third-order valence-corrected chi connectivity index (χ3v) is 6.15. The molecule has 0 aliphatic carbocycles. The van der Waals surface area contributed by atoms with E-state index in [-0.39, 0.29) is 18.9 Å². The number of carboxylic acids is 2. The number of hydrogen-bond acceptors (Lipinski definition) is 8. The number of likely N-dealkylation sites (N-methyl/N-ethyl adjacent to an activating group) is 1. The smallest absolute Gasteiger partial charge is 0.322 e. The highest BCUT2D eigenvalue weighted by Crippen LogP contribution is 2.33. The number of aliphatic carboxylic acids is 2. The maximum Gasteiger partial charge on any atom is 0.322 e. The number of ether oxygens (including phenoxy) is 1. The molecule has 2 aromatic carbocycles. The summed E-state index contributed by atoms with van der Waals surface area (Å²) >= 11 is 0. The summed E-state index contributed by atoms with van der Waals surface area (Å²) in [6.07, 6.45) is 6.41. The van der Waals surface area contributed by atoms with E-state index in [2.05, 4.69) is 38.3 Å². The van der Waals surface area contributed by atoms with Crippen LogP contribution in [0.25, 0.3) is 10.9 Å². The zero-order valence-electron chi connectivity index (χ0n) is 22.4. The standard InChI is InChI=1S/C24H26N6O2.C4H6O4/c1-4-17-7-6-8-18(13-17)27-23-19-14-21(22(32-3)15-20(19)25-16-26-23)28-24(31)30-11-9-29(5-2)10-12-30;5-3(6)1-2-4(7)8/h1,6-8,13-16H,5,9-12H2,2-3H3,(H,28,31)(H,25,26,27);1-2H2,(H,5,6)(H,7,8). The van der Waals surface area contributed by atoms with Crippen LogP contribution in [0.3, 0.4) is 0 Å². The van der Waals surface area contributed by atoms with Crippen LogP contribution in [-0.2, 0) is 9.59 Å². The fourth-order valence-electron chi connectivity index (χ4n) is 3.95. The number of hydrogen-bond donors (Lipinski definition) is 4. The van der Waals surface area contributed by atoms with Gasteiger partial charge in [-0.1, -0.05) is 18.9 Å². The zero-order valence-corrected chi connectivity index (χ0v) is 22.4. The van der Waals surface area contributed by atoms with E-state index in [0.717, 1.165) is 36.3 Å². The number of benzene rings is 2. The second kappa shape index (κ2) is 14.3. The predicted molar refractivity (Wildman–Crippen MR) is 151 cm³/mol. The molecule has 0 bridgehead atoms. The quantitative estimate of drug-likeness (QED) is 0.307. The third-order valence-electron chi connectivity index (χ3n) is 6.15. The van der Waals surface area contributed by atoms with Crippen LogP contribution in [0, 0.1) is 12.3 Å². The molecular weight excluding hydrogens is 516 g/mol. The fourth-order valence-corrected chi connectivity index (χ4v) is 3.95. The molecule has 0 atom stereocenters. The average Bonchev–Trinajstić information content (AvgIpc) is 2.96. The fraction of sp³-hybridized carbons (Fsp3) is 0.321. The van der Waals surface area contributed by atoms with Gasteiger partial charge in [-0.2, -0.15) is 0 Å². The number of fused-ring (bicyclic) bond motifs is 1. The number of nitrogens with zero attached hydrogens (tertiary/aromatic N) is 4. The molecule has 3 aromatic rings. The van der Waals surface area contributed by atoms with Gasteiger partial charge in [0, 0.05) is 48.9 Å². The summed E-state index contributed by atoms with van der Waals surface area (Å²) in [5, 5.41) is 22.9. The summed E-state index contributed by atoms with van der Waals surface area (Å²) < 4.78 is 5.52. The summed E-state index contributed by atoms with van der Waals surface area (Å²) in [5.41, 5.74) is 2.85. The van der Waals surface area contributed by atoms with E-state index in [1.165, 1.54) is 6.33 Å². The van der Waals surface area contributed by atoms with Crippen molar-refractivity contribution in [2.24, 2.45) is 0 Å². The van der Waals surface area contributed by atoms with Crippen molar-refractivity contribution in [3.8, 4) is 18.1 Å².